The summed E-state index contributed by atoms with van der Waals surface area (Å²) in [6, 6.07) is 8.48. The average molecular weight is 356 g/mol. The van der Waals surface area contributed by atoms with Crippen molar-refractivity contribution in [1.29, 1.82) is 0 Å². The summed E-state index contributed by atoms with van der Waals surface area (Å²) >= 11 is 0. The van der Waals surface area contributed by atoms with Gasteiger partial charge in [-0.2, -0.15) is 0 Å². The molecule has 3 rings (SSSR count). The molecule has 1 heterocycles. The van der Waals surface area contributed by atoms with E-state index in [9.17, 15) is 9.59 Å². The van der Waals surface area contributed by atoms with Crippen molar-refractivity contribution in [3.05, 3.63) is 53.5 Å². The molecular formula is C20H24N2O4. The smallest absolute Gasteiger partial charge is 0.291 e. The number of amides is 2. The van der Waals surface area contributed by atoms with Crippen molar-refractivity contribution in [2.24, 2.45) is 5.92 Å². The molecule has 26 heavy (non-hydrogen) atoms. The Morgan fingerprint density at radius 1 is 1.23 bits per heavy atom. The van der Waals surface area contributed by atoms with Gasteiger partial charge in [0.15, 0.2) is 5.76 Å². The highest BCUT2D eigenvalue weighted by Gasteiger charge is 2.20. The highest BCUT2D eigenvalue weighted by Crippen LogP contribution is 2.28. The quantitative estimate of drug-likeness (QED) is 0.675. The van der Waals surface area contributed by atoms with E-state index in [2.05, 4.69) is 10.6 Å². The molecule has 6 nitrogen and oxygen atoms in total. The van der Waals surface area contributed by atoms with E-state index in [-0.39, 0.29) is 17.6 Å². The molecule has 0 atom stereocenters. The summed E-state index contributed by atoms with van der Waals surface area (Å²) < 4.78 is 10.6. The van der Waals surface area contributed by atoms with E-state index in [1.807, 2.05) is 13.0 Å². The Bertz CT molecular complexity index is 751. The van der Waals surface area contributed by atoms with Crippen LogP contribution in [0.3, 0.4) is 0 Å². The number of furan rings is 1. The highest BCUT2D eigenvalue weighted by atomic mass is 16.5. The number of aryl methyl sites for hydroxylation is 1. The Balaban J connectivity index is 1.49. The lowest BCUT2D eigenvalue weighted by molar-refractivity contribution is 0.0935. The summed E-state index contributed by atoms with van der Waals surface area (Å²) in [6.45, 7) is 3.93. The van der Waals surface area contributed by atoms with Crippen LogP contribution in [0.2, 0.25) is 0 Å². The van der Waals surface area contributed by atoms with Crippen LogP contribution in [0, 0.1) is 12.8 Å². The molecule has 1 aliphatic rings. The first-order valence-corrected chi connectivity index (χ1v) is 8.95. The number of anilines is 1. The number of carbonyl (C=O) groups is 2. The third kappa shape index (κ3) is 5.20. The van der Waals surface area contributed by atoms with Gasteiger partial charge >= 0.3 is 0 Å². The van der Waals surface area contributed by atoms with Crippen molar-refractivity contribution in [2.75, 3.05) is 25.1 Å². The number of ether oxygens (including phenoxy) is 1. The van der Waals surface area contributed by atoms with Crippen molar-refractivity contribution in [3.8, 4) is 0 Å². The molecule has 0 saturated heterocycles. The lowest BCUT2D eigenvalue weighted by Crippen LogP contribution is -2.25. The first kappa shape index (κ1) is 18.2. The predicted octanol–water partition coefficient (Wildman–Crippen LogP) is 3.39. The van der Waals surface area contributed by atoms with Gasteiger partial charge in [0.05, 0.1) is 6.26 Å². The van der Waals surface area contributed by atoms with Gasteiger partial charge in [-0.1, -0.05) is 6.07 Å². The van der Waals surface area contributed by atoms with E-state index in [0.29, 0.717) is 24.4 Å². The molecule has 138 valence electrons. The van der Waals surface area contributed by atoms with E-state index in [4.69, 9.17) is 9.15 Å². The van der Waals surface area contributed by atoms with Gasteiger partial charge in [0.2, 0.25) is 0 Å². The molecule has 2 aromatic rings. The van der Waals surface area contributed by atoms with Crippen LogP contribution in [0.15, 0.2) is 41.0 Å². The Labute approximate surface area is 152 Å². The Morgan fingerprint density at radius 3 is 2.81 bits per heavy atom. The summed E-state index contributed by atoms with van der Waals surface area (Å²) in [6.07, 6.45) is 4.79. The van der Waals surface area contributed by atoms with E-state index < -0.39 is 0 Å². The molecule has 0 unspecified atom stereocenters. The average Bonchev–Trinajstić information content (AvgIpc) is 3.29. The van der Waals surface area contributed by atoms with Gasteiger partial charge in [-0.15, -0.1) is 0 Å². The maximum absolute atomic E-state index is 12.3. The van der Waals surface area contributed by atoms with Gasteiger partial charge in [0.1, 0.15) is 0 Å². The lowest BCUT2D eigenvalue weighted by Gasteiger charge is -2.10. The zero-order valence-corrected chi connectivity index (χ0v) is 14.9. The minimum atomic E-state index is -0.344. The SMILES string of the molecule is Cc1ccc(C(=O)NCCCOCC2CC2)cc1NC(=O)c1ccco1. The monoisotopic (exact) mass is 356 g/mol. The fourth-order valence-corrected chi connectivity index (χ4v) is 2.50. The summed E-state index contributed by atoms with van der Waals surface area (Å²) in [5, 5.41) is 5.66. The van der Waals surface area contributed by atoms with Crippen LogP contribution in [0.1, 0.15) is 45.7 Å². The molecule has 0 spiro atoms. The van der Waals surface area contributed by atoms with Crippen LogP contribution in [0.5, 0.6) is 0 Å². The summed E-state index contributed by atoms with van der Waals surface area (Å²) in [7, 11) is 0. The second-order valence-corrected chi connectivity index (χ2v) is 6.59. The fourth-order valence-electron chi connectivity index (χ4n) is 2.50. The molecule has 1 aliphatic carbocycles. The molecule has 0 radical (unpaired) electrons. The third-order valence-corrected chi connectivity index (χ3v) is 4.29. The first-order chi connectivity index (χ1) is 12.6. The maximum Gasteiger partial charge on any atom is 0.291 e. The first-order valence-electron chi connectivity index (χ1n) is 8.95. The van der Waals surface area contributed by atoms with Gasteiger partial charge < -0.3 is 19.8 Å². The Kier molecular flexibility index (Phi) is 6.07. The van der Waals surface area contributed by atoms with Crippen molar-refractivity contribution < 1.29 is 18.7 Å². The van der Waals surface area contributed by atoms with Gasteiger partial charge in [0, 0.05) is 31.0 Å². The van der Waals surface area contributed by atoms with E-state index in [1.165, 1.54) is 19.1 Å². The standard InChI is InChI=1S/C20H24N2O4/c1-14-5-8-16(12-17(14)22-20(24)18-4-2-11-26-18)19(23)21-9-3-10-25-13-15-6-7-15/h2,4-5,8,11-12,15H,3,6-7,9-10,13H2,1H3,(H,21,23)(H,22,24). The minimum Gasteiger partial charge on any atom is -0.459 e. The van der Waals surface area contributed by atoms with Crippen LogP contribution in [0.25, 0.3) is 0 Å². The van der Waals surface area contributed by atoms with Crippen molar-refractivity contribution in [1.82, 2.24) is 5.32 Å². The van der Waals surface area contributed by atoms with Gasteiger partial charge in [-0.3, -0.25) is 9.59 Å². The topological polar surface area (TPSA) is 80.6 Å². The fraction of sp³-hybridized carbons (Fsp3) is 0.400. The molecular weight excluding hydrogens is 332 g/mol. The second kappa shape index (κ2) is 8.67. The van der Waals surface area contributed by atoms with Crippen molar-refractivity contribution in [3.63, 3.8) is 0 Å². The van der Waals surface area contributed by atoms with Crippen molar-refractivity contribution >= 4 is 17.5 Å². The van der Waals surface area contributed by atoms with Crippen LogP contribution in [-0.4, -0.2) is 31.6 Å². The molecule has 0 aliphatic heterocycles. The largest absolute Gasteiger partial charge is 0.459 e. The number of rotatable bonds is 9. The van der Waals surface area contributed by atoms with Gasteiger partial charge in [0.25, 0.3) is 11.8 Å². The number of carbonyl (C=O) groups excluding carboxylic acids is 2. The Morgan fingerprint density at radius 2 is 2.08 bits per heavy atom. The number of hydrogen-bond donors (Lipinski definition) is 2. The summed E-state index contributed by atoms with van der Waals surface area (Å²) in [5.74, 6) is 0.474. The molecule has 1 fully saturated rings. The van der Waals surface area contributed by atoms with Gasteiger partial charge in [-0.25, -0.2) is 0 Å². The third-order valence-electron chi connectivity index (χ3n) is 4.29. The molecule has 6 heteroatoms. The van der Waals surface area contributed by atoms with Crippen LogP contribution >= 0.6 is 0 Å². The molecule has 1 aromatic carbocycles. The second-order valence-electron chi connectivity index (χ2n) is 6.59. The molecule has 0 bridgehead atoms. The number of nitrogens with one attached hydrogen (secondary N) is 2. The van der Waals surface area contributed by atoms with E-state index in [1.54, 1.807) is 24.3 Å². The van der Waals surface area contributed by atoms with E-state index >= 15 is 0 Å². The predicted molar refractivity (Wildman–Crippen MR) is 98.3 cm³/mol. The van der Waals surface area contributed by atoms with Crippen LogP contribution in [-0.2, 0) is 4.74 Å². The van der Waals surface area contributed by atoms with Crippen LogP contribution < -0.4 is 10.6 Å². The molecule has 2 N–H and O–H groups in total. The highest BCUT2D eigenvalue weighted by molar-refractivity contribution is 6.03. The van der Waals surface area contributed by atoms with Crippen LogP contribution in [0.4, 0.5) is 5.69 Å². The molecule has 2 amide bonds. The Hall–Kier alpha value is -2.60. The molecule has 1 saturated carbocycles. The lowest BCUT2D eigenvalue weighted by atomic mass is 10.1. The molecule has 1 aromatic heterocycles. The number of benzene rings is 1. The van der Waals surface area contributed by atoms with Gasteiger partial charge in [-0.05, 0) is 61.9 Å². The number of hydrogen-bond acceptors (Lipinski definition) is 4. The maximum atomic E-state index is 12.3. The summed E-state index contributed by atoms with van der Waals surface area (Å²) in [4.78, 5) is 24.4. The van der Waals surface area contributed by atoms with E-state index in [0.717, 1.165) is 24.5 Å². The minimum absolute atomic E-state index is 0.166. The zero-order valence-electron chi connectivity index (χ0n) is 14.9. The normalized spacial score (nSPS) is 13.4. The van der Waals surface area contributed by atoms with Crippen molar-refractivity contribution in [2.45, 2.75) is 26.2 Å². The summed E-state index contributed by atoms with van der Waals surface area (Å²) in [5.41, 5.74) is 1.96. The zero-order chi connectivity index (χ0) is 18.4.